The number of aliphatic carboxylic acids is 1. The van der Waals surface area contributed by atoms with Crippen LogP contribution in [0.3, 0.4) is 0 Å². The molecule has 5 heteroatoms. The highest BCUT2D eigenvalue weighted by Crippen LogP contribution is 2.36. The number of ether oxygens (including phenoxy) is 1. The monoisotopic (exact) mass is 434 g/mol. The number of aromatic hydroxyl groups is 1. The molecular formula is C27H27FO4. The smallest absolute Gasteiger partial charge is 0.303 e. The fourth-order valence-corrected chi connectivity index (χ4v) is 3.50. The number of phenols is 1. The molecule has 0 bridgehead atoms. The molecular weight excluding hydrogens is 407 g/mol. The lowest BCUT2D eigenvalue weighted by molar-refractivity contribution is -0.136. The van der Waals surface area contributed by atoms with Crippen molar-refractivity contribution in [2.75, 3.05) is 6.61 Å². The van der Waals surface area contributed by atoms with Crippen LogP contribution in [0.2, 0.25) is 0 Å². The number of benzene rings is 3. The molecule has 3 rings (SSSR count). The van der Waals surface area contributed by atoms with Crippen molar-refractivity contribution in [3.05, 3.63) is 89.2 Å². The lowest BCUT2D eigenvalue weighted by Crippen LogP contribution is -2.00. The zero-order valence-electron chi connectivity index (χ0n) is 18.1. The lowest BCUT2D eigenvalue weighted by Gasteiger charge is -2.14. The van der Waals surface area contributed by atoms with E-state index >= 15 is 0 Å². The first-order chi connectivity index (χ1) is 15.5. The number of hydrogen-bond donors (Lipinski definition) is 2. The van der Waals surface area contributed by atoms with Crippen LogP contribution < -0.4 is 4.74 Å². The van der Waals surface area contributed by atoms with E-state index in [0.29, 0.717) is 30.8 Å². The summed E-state index contributed by atoms with van der Waals surface area (Å²) < 4.78 is 19.1. The standard InChI is InChI=1S/C27H27FO4/c1-2-19-17-24(22-10-13-23(28)14-11-22)25(29)18-26(19)32-16-6-5-9-20-7-3-4-8-21(20)12-15-27(30)31/h3-5,7-11,13-14,17-18,29H,2,6,12,15-16H2,1H3,(H,30,31)/b9-5-. The van der Waals surface area contributed by atoms with E-state index in [1.807, 2.05) is 49.4 Å². The largest absolute Gasteiger partial charge is 0.507 e. The van der Waals surface area contributed by atoms with Gasteiger partial charge in [-0.2, -0.15) is 0 Å². The maximum atomic E-state index is 13.2. The van der Waals surface area contributed by atoms with Gasteiger partial charge >= 0.3 is 5.97 Å². The third-order valence-corrected chi connectivity index (χ3v) is 5.22. The SMILES string of the molecule is CCc1cc(-c2ccc(F)cc2)c(O)cc1OCC/C=C\c1ccccc1CCC(=O)O. The number of carboxylic acid groups (broad SMARTS) is 1. The van der Waals surface area contributed by atoms with Crippen LogP contribution in [0.1, 0.15) is 36.5 Å². The van der Waals surface area contributed by atoms with Crippen LogP contribution in [0.15, 0.2) is 66.7 Å². The van der Waals surface area contributed by atoms with Gasteiger partial charge in [0.15, 0.2) is 0 Å². The Morgan fingerprint density at radius 3 is 2.53 bits per heavy atom. The summed E-state index contributed by atoms with van der Waals surface area (Å²) in [4.78, 5) is 10.8. The molecule has 0 aliphatic heterocycles. The summed E-state index contributed by atoms with van der Waals surface area (Å²) in [5.74, 6) is -0.406. The van der Waals surface area contributed by atoms with Crippen molar-refractivity contribution in [3.63, 3.8) is 0 Å². The third-order valence-electron chi connectivity index (χ3n) is 5.22. The van der Waals surface area contributed by atoms with E-state index in [9.17, 15) is 14.3 Å². The first-order valence-corrected chi connectivity index (χ1v) is 10.7. The molecule has 0 spiro atoms. The molecule has 0 unspecified atom stereocenters. The van der Waals surface area contributed by atoms with Crippen molar-refractivity contribution in [2.24, 2.45) is 0 Å². The Morgan fingerprint density at radius 2 is 1.81 bits per heavy atom. The Labute approximate surface area is 187 Å². The average molecular weight is 435 g/mol. The summed E-state index contributed by atoms with van der Waals surface area (Å²) in [6.07, 6.45) is 5.97. The van der Waals surface area contributed by atoms with Crippen LogP contribution in [0, 0.1) is 5.82 Å². The Balaban J connectivity index is 1.63. The minimum Gasteiger partial charge on any atom is -0.507 e. The summed E-state index contributed by atoms with van der Waals surface area (Å²) in [6.45, 7) is 2.46. The second-order valence-electron chi connectivity index (χ2n) is 7.47. The third kappa shape index (κ3) is 6.20. The minimum atomic E-state index is -0.808. The van der Waals surface area contributed by atoms with E-state index in [2.05, 4.69) is 0 Å². The number of rotatable bonds is 10. The Bertz CT molecular complexity index is 1090. The van der Waals surface area contributed by atoms with Gasteiger partial charge in [-0.1, -0.05) is 55.5 Å². The number of aryl methyl sites for hydroxylation is 2. The molecule has 3 aromatic carbocycles. The molecule has 0 atom stereocenters. The lowest BCUT2D eigenvalue weighted by atomic mass is 10.00. The van der Waals surface area contributed by atoms with Gasteiger partial charge < -0.3 is 14.9 Å². The van der Waals surface area contributed by atoms with Gasteiger partial charge in [0.2, 0.25) is 0 Å². The second-order valence-corrected chi connectivity index (χ2v) is 7.47. The summed E-state index contributed by atoms with van der Waals surface area (Å²) in [5, 5.41) is 19.4. The van der Waals surface area contributed by atoms with Crippen LogP contribution in [-0.2, 0) is 17.6 Å². The van der Waals surface area contributed by atoms with Crippen LogP contribution >= 0.6 is 0 Å². The summed E-state index contributed by atoms with van der Waals surface area (Å²) in [6, 6.07) is 17.3. The molecule has 0 heterocycles. The second kappa shape index (κ2) is 11.1. The number of phenolic OH excluding ortho intramolecular Hbond substituents is 1. The maximum Gasteiger partial charge on any atom is 0.303 e. The molecule has 32 heavy (non-hydrogen) atoms. The van der Waals surface area contributed by atoms with Gasteiger partial charge in [0.1, 0.15) is 17.3 Å². The quantitative estimate of drug-likeness (QED) is 0.370. The number of carboxylic acids is 1. The van der Waals surface area contributed by atoms with Crippen LogP contribution in [0.4, 0.5) is 4.39 Å². The van der Waals surface area contributed by atoms with E-state index in [4.69, 9.17) is 9.84 Å². The Kier molecular flexibility index (Phi) is 8.03. The van der Waals surface area contributed by atoms with Crippen LogP contribution in [-0.4, -0.2) is 22.8 Å². The molecule has 0 aliphatic carbocycles. The highest BCUT2D eigenvalue weighted by molar-refractivity contribution is 5.72. The van der Waals surface area contributed by atoms with Gasteiger partial charge in [-0.3, -0.25) is 4.79 Å². The van der Waals surface area contributed by atoms with E-state index in [1.165, 1.54) is 12.1 Å². The summed E-state index contributed by atoms with van der Waals surface area (Å²) >= 11 is 0. The molecule has 0 radical (unpaired) electrons. The molecule has 0 aromatic heterocycles. The highest BCUT2D eigenvalue weighted by atomic mass is 19.1. The van der Waals surface area contributed by atoms with Crippen molar-refractivity contribution in [1.29, 1.82) is 0 Å². The Morgan fingerprint density at radius 1 is 1.06 bits per heavy atom. The molecule has 0 aliphatic rings. The molecule has 2 N–H and O–H groups in total. The van der Waals surface area contributed by atoms with E-state index in [-0.39, 0.29) is 18.0 Å². The zero-order valence-corrected chi connectivity index (χ0v) is 18.1. The summed E-state index contributed by atoms with van der Waals surface area (Å²) in [7, 11) is 0. The van der Waals surface area contributed by atoms with Crippen LogP contribution in [0.25, 0.3) is 17.2 Å². The number of halogens is 1. The first-order valence-electron chi connectivity index (χ1n) is 10.7. The van der Waals surface area contributed by atoms with Gasteiger partial charge in [0.25, 0.3) is 0 Å². The Hall–Kier alpha value is -3.60. The van der Waals surface area contributed by atoms with E-state index < -0.39 is 5.97 Å². The molecule has 0 amide bonds. The normalized spacial score (nSPS) is 11.1. The van der Waals surface area contributed by atoms with Crippen LogP contribution in [0.5, 0.6) is 11.5 Å². The molecule has 0 saturated carbocycles. The van der Waals surface area contributed by atoms with Crippen molar-refractivity contribution >= 4 is 12.0 Å². The predicted octanol–water partition coefficient (Wildman–Crippen LogP) is 6.26. The van der Waals surface area contributed by atoms with Gasteiger partial charge in [-0.05, 0) is 59.7 Å². The van der Waals surface area contributed by atoms with Gasteiger partial charge in [0.05, 0.1) is 6.61 Å². The fourth-order valence-electron chi connectivity index (χ4n) is 3.50. The van der Waals surface area contributed by atoms with Crippen molar-refractivity contribution in [2.45, 2.75) is 32.6 Å². The highest BCUT2D eigenvalue weighted by Gasteiger charge is 2.11. The molecule has 0 saturated heterocycles. The molecule has 4 nitrogen and oxygen atoms in total. The topological polar surface area (TPSA) is 66.8 Å². The van der Waals surface area contributed by atoms with E-state index in [0.717, 1.165) is 28.7 Å². The number of carbonyl (C=O) groups is 1. The van der Waals surface area contributed by atoms with E-state index in [1.54, 1.807) is 18.2 Å². The van der Waals surface area contributed by atoms with Crippen molar-refractivity contribution in [1.82, 2.24) is 0 Å². The number of hydrogen-bond acceptors (Lipinski definition) is 3. The van der Waals surface area contributed by atoms with Crippen molar-refractivity contribution < 1.29 is 24.1 Å². The predicted molar refractivity (Wildman–Crippen MR) is 124 cm³/mol. The fraction of sp³-hybridized carbons (Fsp3) is 0.222. The minimum absolute atomic E-state index is 0.0895. The van der Waals surface area contributed by atoms with Crippen molar-refractivity contribution in [3.8, 4) is 22.6 Å². The first kappa shape index (κ1) is 23.1. The van der Waals surface area contributed by atoms with Gasteiger partial charge in [-0.15, -0.1) is 0 Å². The molecule has 0 fully saturated rings. The maximum absolute atomic E-state index is 13.2. The molecule has 166 valence electrons. The van der Waals surface area contributed by atoms with Gasteiger partial charge in [-0.25, -0.2) is 4.39 Å². The molecule has 3 aromatic rings. The summed E-state index contributed by atoms with van der Waals surface area (Å²) in [5.41, 5.74) is 4.36. The average Bonchev–Trinajstić information content (AvgIpc) is 2.79. The van der Waals surface area contributed by atoms with Gasteiger partial charge in [0, 0.05) is 18.1 Å². The zero-order chi connectivity index (χ0) is 22.9.